The van der Waals surface area contributed by atoms with Crippen LogP contribution in [0.15, 0.2) is 30.3 Å². The van der Waals surface area contributed by atoms with E-state index in [1.54, 1.807) is 17.0 Å². The Hall–Kier alpha value is -2.04. The summed E-state index contributed by atoms with van der Waals surface area (Å²) in [6, 6.07) is 7.94. The zero-order chi connectivity index (χ0) is 14.7. The third kappa shape index (κ3) is 2.76. The van der Waals surface area contributed by atoms with Gasteiger partial charge < -0.3 is 10.0 Å². The zero-order valence-corrected chi connectivity index (χ0v) is 11.8. The number of anilines is 1. The van der Waals surface area contributed by atoms with E-state index < -0.39 is 12.0 Å². The predicted octanol–water partition coefficient (Wildman–Crippen LogP) is 2.43. The summed E-state index contributed by atoms with van der Waals surface area (Å²) in [4.78, 5) is 27.2. The molecule has 1 aliphatic rings. The number of para-hydroxylation sites is 1. The van der Waals surface area contributed by atoms with E-state index >= 15 is 0 Å². The van der Waals surface area contributed by atoms with Crippen LogP contribution in [0.2, 0.25) is 0 Å². The van der Waals surface area contributed by atoms with Gasteiger partial charge in [0.15, 0.2) is 0 Å². The summed E-state index contributed by atoms with van der Waals surface area (Å²) in [5.41, 5.74) is 0.630. The Kier molecular flexibility index (Phi) is 4.27. The van der Waals surface area contributed by atoms with E-state index in [0.29, 0.717) is 18.8 Å². The first-order valence-electron chi connectivity index (χ1n) is 6.88. The van der Waals surface area contributed by atoms with E-state index in [2.05, 4.69) is 0 Å². The van der Waals surface area contributed by atoms with Gasteiger partial charge in [0.2, 0.25) is 0 Å². The highest BCUT2D eigenvalue weighted by atomic mass is 16.4. The van der Waals surface area contributed by atoms with Gasteiger partial charge in [0.25, 0.3) is 0 Å². The van der Waals surface area contributed by atoms with Gasteiger partial charge >= 0.3 is 12.0 Å². The molecule has 108 valence electrons. The summed E-state index contributed by atoms with van der Waals surface area (Å²) in [7, 11) is 0. The number of urea groups is 1. The molecule has 1 aromatic rings. The fraction of sp³-hybridized carbons (Fsp3) is 0.467. The Bertz CT molecular complexity index is 483. The van der Waals surface area contributed by atoms with Crippen molar-refractivity contribution < 1.29 is 14.7 Å². The van der Waals surface area contributed by atoms with Crippen molar-refractivity contribution in [3.63, 3.8) is 0 Å². The fourth-order valence-electron chi connectivity index (χ4n) is 2.33. The Labute approximate surface area is 118 Å². The number of amides is 2. The summed E-state index contributed by atoms with van der Waals surface area (Å²) in [5.74, 6) is -1.14. The molecule has 20 heavy (non-hydrogen) atoms. The maximum atomic E-state index is 12.6. The number of carboxylic acid groups (broad SMARTS) is 1. The number of carbonyl (C=O) groups excluding carboxylic acids is 1. The van der Waals surface area contributed by atoms with Gasteiger partial charge in [-0.05, 0) is 24.5 Å². The second-order valence-electron chi connectivity index (χ2n) is 5.36. The number of hydrogen-bond acceptors (Lipinski definition) is 2. The first kappa shape index (κ1) is 14.4. The topological polar surface area (TPSA) is 60.9 Å². The molecule has 1 N–H and O–H groups in total. The smallest absolute Gasteiger partial charge is 0.327 e. The second-order valence-corrected chi connectivity index (χ2v) is 5.36. The Morgan fingerprint density at radius 3 is 2.20 bits per heavy atom. The Morgan fingerprint density at radius 2 is 1.80 bits per heavy atom. The van der Waals surface area contributed by atoms with Crippen LogP contribution in [0, 0.1) is 5.92 Å². The van der Waals surface area contributed by atoms with Gasteiger partial charge in [0.05, 0.1) is 0 Å². The molecule has 0 spiro atoms. The SMILES string of the molecule is CC(C)C(C(=O)O)N(C(=O)N1CCC1)c1ccccc1. The number of aliphatic carboxylic acids is 1. The van der Waals surface area contributed by atoms with E-state index in [-0.39, 0.29) is 11.9 Å². The van der Waals surface area contributed by atoms with E-state index in [1.807, 2.05) is 32.0 Å². The molecule has 0 saturated carbocycles. The van der Waals surface area contributed by atoms with Gasteiger partial charge in [0, 0.05) is 18.8 Å². The molecule has 0 bridgehead atoms. The normalized spacial score (nSPS) is 15.7. The lowest BCUT2D eigenvalue weighted by Crippen LogP contribution is -2.56. The third-order valence-electron chi connectivity index (χ3n) is 3.53. The minimum atomic E-state index is -0.974. The first-order chi connectivity index (χ1) is 9.52. The lowest BCUT2D eigenvalue weighted by Gasteiger charge is -2.39. The minimum Gasteiger partial charge on any atom is -0.480 e. The number of carbonyl (C=O) groups is 2. The highest BCUT2D eigenvalue weighted by molar-refractivity contribution is 5.98. The number of hydrogen-bond donors (Lipinski definition) is 1. The van der Waals surface area contributed by atoms with Gasteiger partial charge in [-0.1, -0.05) is 32.0 Å². The molecule has 0 aromatic heterocycles. The van der Waals surface area contributed by atoms with E-state index in [4.69, 9.17) is 0 Å². The van der Waals surface area contributed by atoms with Crippen LogP contribution >= 0.6 is 0 Å². The van der Waals surface area contributed by atoms with Crippen molar-refractivity contribution in [2.24, 2.45) is 5.92 Å². The molecule has 1 aromatic carbocycles. The van der Waals surface area contributed by atoms with Crippen LogP contribution in [0.25, 0.3) is 0 Å². The van der Waals surface area contributed by atoms with Gasteiger partial charge in [-0.3, -0.25) is 4.90 Å². The molecule has 5 heteroatoms. The highest BCUT2D eigenvalue weighted by Gasteiger charge is 2.37. The van der Waals surface area contributed by atoms with Crippen LogP contribution < -0.4 is 4.90 Å². The van der Waals surface area contributed by atoms with Crippen molar-refractivity contribution in [1.29, 1.82) is 0 Å². The predicted molar refractivity (Wildman–Crippen MR) is 76.8 cm³/mol. The number of likely N-dealkylation sites (tertiary alicyclic amines) is 1. The summed E-state index contributed by atoms with van der Waals surface area (Å²) in [6.07, 6.45) is 0.980. The lowest BCUT2D eigenvalue weighted by atomic mass is 10.0. The molecule has 2 rings (SSSR count). The molecule has 2 amide bonds. The molecule has 0 radical (unpaired) electrons. The molecule has 1 unspecified atom stereocenters. The Morgan fingerprint density at radius 1 is 1.20 bits per heavy atom. The van der Waals surface area contributed by atoms with Gasteiger partial charge in [-0.15, -0.1) is 0 Å². The third-order valence-corrected chi connectivity index (χ3v) is 3.53. The van der Waals surface area contributed by atoms with Crippen molar-refractivity contribution in [1.82, 2.24) is 4.90 Å². The van der Waals surface area contributed by atoms with Crippen LogP contribution in [-0.4, -0.2) is 41.1 Å². The monoisotopic (exact) mass is 276 g/mol. The molecule has 1 heterocycles. The molecule has 1 atom stereocenters. The van der Waals surface area contributed by atoms with Gasteiger partial charge in [-0.25, -0.2) is 9.59 Å². The number of carboxylic acids is 1. The van der Waals surface area contributed by atoms with Crippen LogP contribution in [0.1, 0.15) is 20.3 Å². The van der Waals surface area contributed by atoms with E-state index in [0.717, 1.165) is 6.42 Å². The fourth-order valence-corrected chi connectivity index (χ4v) is 2.33. The Balaban J connectivity index is 2.37. The van der Waals surface area contributed by atoms with Gasteiger partial charge in [0.1, 0.15) is 6.04 Å². The molecule has 0 aliphatic carbocycles. The molecular weight excluding hydrogens is 256 g/mol. The summed E-state index contributed by atoms with van der Waals surface area (Å²) in [6.45, 7) is 5.04. The maximum Gasteiger partial charge on any atom is 0.327 e. The molecule has 1 aliphatic heterocycles. The summed E-state index contributed by atoms with van der Waals surface area (Å²) >= 11 is 0. The summed E-state index contributed by atoms with van der Waals surface area (Å²) < 4.78 is 0. The minimum absolute atomic E-state index is 0.169. The van der Waals surface area contributed by atoms with E-state index in [1.165, 1.54) is 4.90 Å². The maximum absolute atomic E-state index is 12.6. The van der Waals surface area contributed by atoms with Crippen molar-refractivity contribution in [2.45, 2.75) is 26.3 Å². The second kappa shape index (κ2) is 5.94. The highest BCUT2D eigenvalue weighted by Crippen LogP contribution is 2.24. The number of nitrogens with zero attached hydrogens (tertiary/aromatic N) is 2. The van der Waals surface area contributed by atoms with Crippen LogP contribution in [0.5, 0.6) is 0 Å². The van der Waals surface area contributed by atoms with Gasteiger partial charge in [-0.2, -0.15) is 0 Å². The van der Waals surface area contributed by atoms with E-state index in [9.17, 15) is 14.7 Å². The lowest BCUT2D eigenvalue weighted by molar-refractivity contribution is -0.139. The van der Waals surface area contributed by atoms with Crippen LogP contribution in [-0.2, 0) is 4.79 Å². The average Bonchev–Trinajstić information content (AvgIpc) is 2.33. The number of benzene rings is 1. The largest absolute Gasteiger partial charge is 0.480 e. The molecule has 1 fully saturated rings. The van der Waals surface area contributed by atoms with Crippen LogP contribution in [0.3, 0.4) is 0 Å². The van der Waals surface area contributed by atoms with Crippen molar-refractivity contribution >= 4 is 17.7 Å². The standard InChI is InChI=1S/C15H20N2O3/c1-11(2)13(14(18)19)17(12-7-4-3-5-8-12)15(20)16-9-6-10-16/h3-5,7-8,11,13H,6,9-10H2,1-2H3,(H,18,19). The quantitative estimate of drug-likeness (QED) is 0.918. The zero-order valence-electron chi connectivity index (χ0n) is 11.8. The molecular formula is C15H20N2O3. The molecule has 5 nitrogen and oxygen atoms in total. The summed E-state index contributed by atoms with van der Waals surface area (Å²) in [5, 5.41) is 9.48. The van der Waals surface area contributed by atoms with Crippen molar-refractivity contribution in [3.05, 3.63) is 30.3 Å². The number of rotatable bonds is 4. The first-order valence-corrected chi connectivity index (χ1v) is 6.88. The van der Waals surface area contributed by atoms with Crippen molar-refractivity contribution in [2.75, 3.05) is 18.0 Å². The van der Waals surface area contributed by atoms with Crippen LogP contribution in [0.4, 0.5) is 10.5 Å². The van der Waals surface area contributed by atoms with Crippen molar-refractivity contribution in [3.8, 4) is 0 Å². The average molecular weight is 276 g/mol. The molecule has 1 saturated heterocycles.